The first-order valence-corrected chi connectivity index (χ1v) is 4.63. The number of hydrogen-bond donors (Lipinski definition) is 1. The number of ether oxygens (including phenoxy) is 1. The number of nitriles is 1. The van der Waals surface area contributed by atoms with E-state index in [2.05, 4.69) is 15.3 Å². The van der Waals surface area contributed by atoms with Gasteiger partial charge < -0.3 is 4.74 Å². The molecule has 0 heterocycles. The lowest BCUT2D eigenvalue weighted by atomic mass is 10.3. The third kappa shape index (κ3) is 2.97. The summed E-state index contributed by atoms with van der Waals surface area (Å²) in [7, 11) is 1.17. The Morgan fingerprint density at radius 3 is 2.81 bits per heavy atom. The number of halogens is 1. The minimum absolute atomic E-state index is 0.373. The smallest absolute Gasteiger partial charge is 0.369 e. The number of hydrazone groups is 1. The van der Waals surface area contributed by atoms with Crippen molar-refractivity contribution in [3.05, 3.63) is 29.3 Å². The van der Waals surface area contributed by atoms with Crippen molar-refractivity contribution >= 4 is 29.0 Å². The lowest BCUT2D eigenvalue weighted by molar-refractivity contribution is -0.132. The molecule has 0 radical (unpaired) electrons. The van der Waals surface area contributed by atoms with Gasteiger partial charge in [-0.25, -0.2) is 4.79 Å². The minimum atomic E-state index is -0.804. The van der Waals surface area contributed by atoms with Gasteiger partial charge in [-0.3, -0.25) is 5.43 Å². The van der Waals surface area contributed by atoms with E-state index in [1.807, 2.05) is 0 Å². The average Bonchev–Trinajstić information content (AvgIpc) is 2.31. The molecule has 0 saturated carbocycles. The molecule has 5 nitrogen and oxygen atoms in total. The van der Waals surface area contributed by atoms with Gasteiger partial charge in [0.05, 0.1) is 17.8 Å². The molecule has 16 heavy (non-hydrogen) atoms. The van der Waals surface area contributed by atoms with Gasteiger partial charge >= 0.3 is 5.97 Å². The highest BCUT2D eigenvalue weighted by Gasteiger charge is 2.10. The lowest BCUT2D eigenvalue weighted by Gasteiger charge is -2.02. The van der Waals surface area contributed by atoms with Crippen LogP contribution < -0.4 is 5.43 Å². The molecule has 1 rings (SSSR count). The maximum atomic E-state index is 11.0. The predicted octanol–water partition coefficient (Wildman–Crippen LogP) is 1.80. The van der Waals surface area contributed by atoms with E-state index in [1.165, 1.54) is 7.11 Å². The average molecular weight is 238 g/mol. The zero-order valence-corrected chi connectivity index (χ0v) is 9.15. The van der Waals surface area contributed by atoms with Crippen LogP contribution in [0.5, 0.6) is 0 Å². The Balaban J connectivity index is 2.84. The minimum Gasteiger partial charge on any atom is -0.464 e. The normalized spacial score (nSPS) is 10.4. The molecule has 1 N–H and O–H groups in total. The number of methoxy groups -OCH3 is 1. The van der Waals surface area contributed by atoms with Crippen molar-refractivity contribution in [3.8, 4) is 6.07 Å². The zero-order chi connectivity index (χ0) is 12.0. The van der Waals surface area contributed by atoms with Gasteiger partial charge in [-0.1, -0.05) is 23.7 Å². The number of benzene rings is 1. The molecule has 0 aromatic heterocycles. The number of carbonyl (C=O) groups excluding carboxylic acids is 1. The van der Waals surface area contributed by atoms with Gasteiger partial charge in [0.2, 0.25) is 5.71 Å². The molecular formula is C10H8ClN3O2. The fourth-order valence-electron chi connectivity index (χ4n) is 0.881. The van der Waals surface area contributed by atoms with E-state index in [4.69, 9.17) is 16.9 Å². The summed E-state index contributed by atoms with van der Waals surface area (Å²) in [6.45, 7) is 0. The number of nitrogens with one attached hydrogen (secondary N) is 1. The van der Waals surface area contributed by atoms with Gasteiger partial charge in [-0.15, -0.1) is 0 Å². The van der Waals surface area contributed by atoms with E-state index < -0.39 is 5.97 Å². The standard InChI is InChI=1S/C10H8ClN3O2/c1-16-10(15)9(6-12)14-13-8-5-3-2-4-7(8)11/h2-5,13H,1H3/b14-9-. The molecule has 0 aliphatic heterocycles. The molecular weight excluding hydrogens is 230 g/mol. The molecule has 0 bridgehead atoms. The Bertz CT molecular complexity index is 465. The van der Waals surface area contributed by atoms with Gasteiger partial charge in [-0.2, -0.15) is 10.4 Å². The number of hydrogen-bond acceptors (Lipinski definition) is 5. The van der Waals surface area contributed by atoms with E-state index in [9.17, 15) is 4.79 Å². The summed E-state index contributed by atoms with van der Waals surface area (Å²) in [5.41, 5.74) is 2.64. The molecule has 0 amide bonds. The third-order valence-corrected chi connectivity index (χ3v) is 1.98. The van der Waals surface area contributed by atoms with Crippen LogP contribution in [0.3, 0.4) is 0 Å². The second kappa shape index (κ2) is 5.73. The number of esters is 1. The molecule has 1 aromatic rings. The highest BCUT2D eigenvalue weighted by Crippen LogP contribution is 2.20. The highest BCUT2D eigenvalue weighted by molar-refractivity contribution is 6.43. The summed E-state index contributed by atoms with van der Waals surface area (Å²) < 4.78 is 4.36. The van der Waals surface area contributed by atoms with Crippen molar-refractivity contribution in [2.24, 2.45) is 5.10 Å². The van der Waals surface area contributed by atoms with Crippen LogP contribution in [0.15, 0.2) is 29.4 Å². The van der Waals surface area contributed by atoms with Gasteiger partial charge in [0.25, 0.3) is 0 Å². The first-order valence-electron chi connectivity index (χ1n) is 4.25. The van der Waals surface area contributed by atoms with Crippen molar-refractivity contribution in [2.45, 2.75) is 0 Å². The van der Waals surface area contributed by atoms with Crippen LogP contribution >= 0.6 is 11.6 Å². The zero-order valence-electron chi connectivity index (χ0n) is 8.40. The SMILES string of the molecule is COC(=O)/C(C#N)=N\Nc1ccccc1Cl. The van der Waals surface area contributed by atoms with Crippen LogP contribution in [0.1, 0.15) is 0 Å². The van der Waals surface area contributed by atoms with Gasteiger partial charge in [-0.05, 0) is 12.1 Å². The van der Waals surface area contributed by atoms with Gasteiger partial charge in [0.1, 0.15) is 6.07 Å². The van der Waals surface area contributed by atoms with Crippen LogP contribution in [0, 0.1) is 11.3 Å². The molecule has 0 aliphatic carbocycles. The molecule has 0 aliphatic rings. The number of anilines is 1. The number of rotatable bonds is 3. The molecule has 1 aromatic carbocycles. The number of nitrogens with zero attached hydrogens (tertiary/aromatic N) is 2. The monoisotopic (exact) mass is 237 g/mol. The van der Waals surface area contributed by atoms with Crippen LogP contribution in [0.2, 0.25) is 5.02 Å². The summed E-state index contributed by atoms with van der Waals surface area (Å²) >= 11 is 5.83. The fourth-order valence-corrected chi connectivity index (χ4v) is 1.06. The Morgan fingerprint density at radius 1 is 1.56 bits per heavy atom. The van der Waals surface area contributed by atoms with E-state index in [-0.39, 0.29) is 5.71 Å². The van der Waals surface area contributed by atoms with Crippen LogP contribution in [-0.4, -0.2) is 18.8 Å². The van der Waals surface area contributed by atoms with Crippen molar-refractivity contribution in [2.75, 3.05) is 12.5 Å². The van der Waals surface area contributed by atoms with Crippen molar-refractivity contribution in [3.63, 3.8) is 0 Å². The molecule has 0 fully saturated rings. The molecule has 82 valence electrons. The fraction of sp³-hybridized carbons (Fsp3) is 0.100. The Kier molecular flexibility index (Phi) is 4.30. The second-order valence-electron chi connectivity index (χ2n) is 2.66. The Morgan fingerprint density at radius 2 is 2.25 bits per heavy atom. The molecule has 6 heteroatoms. The maximum Gasteiger partial charge on any atom is 0.369 e. The van der Waals surface area contributed by atoms with E-state index >= 15 is 0 Å². The Hall–Kier alpha value is -2.06. The summed E-state index contributed by atoms with van der Waals surface area (Å²) in [6, 6.07) is 8.43. The number of carbonyl (C=O) groups is 1. The van der Waals surface area contributed by atoms with Crippen LogP contribution in [0.4, 0.5) is 5.69 Å². The van der Waals surface area contributed by atoms with Crippen LogP contribution in [-0.2, 0) is 9.53 Å². The summed E-state index contributed by atoms with van der Waals surface area (Å²) in [6.07, 6.45) is 0. The maximum absolute atomic E-state index is 11.0. The van der Waals surface area contributed by atoms with Gasteiger partial charge in [0, 0.05) is 0 Å². The van der Waals surface area contributed by atoms with Crippen molar-refractivity contribution in [1.82, 2.24) is 0 Å². The summed E-state index contributed by atoms with van der Waals surface area (Å²) in [5.74, 6) is -0.804. The first-order chi connectivity index (χ1) is 7.69. The topological polar surface area (TPSA) is 74.5 Å². The Labute approximate surface area is 97.3 Å². The van der Waals surface area contributed by atoms with Gasteiger partial charge in [0.15, 0.2) is 0 Å². The third-order valence-electron chi connectivity index (χ3n) is 1.65. The van der Waals surface area contributed by atoms with Crippen molar-refractivity contribution < 1.29 is 9.53 Å². The van der Waals surface area contributed by atoms with Crippen LogP contribution in [0.25, 0.3) is 0 Å². The second-order valence-corrected chi connectivity index (χ2v) is 3.06. The molecule has 0 spiro atoms. The van der Waals surface area contributed by atoms with E-state index in [0.29, 0.717) is 10.7 Å². The molecule has 0 atom stereocenters. The largest absolute Gasteiger partial charge is 0.464 e. The quantitative estimate of drug-likeness (QED) is 0.494. The molecule has 0 saturated heterocycles. The first kappa shape index (κ1) is 12.0. The summed E-state index contributed by atoms with van der Waals surface area (Å²) in [4.78, 5) is 11.0. The number of para-hydroxylation sites is 1. The highest BCUT2D eigenvalue weighted by atomic mass is 35.5. The predicted molar refractivity (Wildman–Crippen MR) is 60.1 cm³/mol. The summed E-state index contributed by atoms with van der Waals surface area (Å²) in [5, 5.41) is 12.6. The lowest BCUT2D eigenvalue weighted by Crippen LogP contribution is -2.15. The van der Waals surface area contributed by atoms with E-state index in [0.717, 1.165) is 0 Å². The molecule has 0 unspecified atom stereocenters. The van der Waals surface area contributed by atoms with Crippen molar-refractivity contribution in [1.29, 1.82) is 5.26 Å². The van der Waals surface area contributed by atoms with E-state index in [1.54, 1.807) is 30.3 Å².